The average molecular weight is 320 g/mol. The lowest BCUT2D eigenvalue weighted by Crippen LogP contribution is -2.25. The van der Waals surface area contributed by atoms with Gasteiger partial charge in [0, 0.05) is 23.9 Å². The molecule has 0 saturated heterocycles. The summed E-state index contributed by atoms with van der Waals surface area (Å²) in [6.07, 6.45) is 1.62. The quantitative estimate of drug-likeness (QED) is 0.920. The standard InChI is InChI=1S/C15H14ClN3OS/c1-2-14-19-12(9-21-14)5-6-18-15(20)10-3-4-13(16)11(7-10)8-17/h3-4,7,9H,2,5-6H2,1H3,(H,18,20). The summed E-state index contributed by atoms with van der Waals surface area (Å²) >= 11 is 7.48. The van der Waals surface area contributed by atoms with E-state index in [1.165, 1.54) is 6.07 Å². The largest absolute Gasteiger partial charge is 0.352 e. The zero-order valence-electron chi connectivity index (χ0n) is 11.5. The second kappa shape index (κ2) is 7.21. The number of amides is 1. The van der Waals surface area contributed by atoms with E-state index in [0.717, 1.165) is 17.1 Å². The zero-order valence-corrected chi connectivity index (χ0v) is 13.1. The number of rotatable bonds is 5. The van der Waals surface area contributed by atoms with E-state index in [9.17, 15) is 4.79 Å². The minimum Gasteiger partial charge on any atom is -0.352 e. The van der Waals surface area contributed by atoms with Gasteiger partial charge < -0.3 is 5.32 Å². The van der Waals surface area contributed by atoms with E-state index in [4.69, 9.17) is 16.9 Å². The number of benzene rings is 1. The topological polar surface area (TPSA) is 65.8 Å². The van der Waals surface area contributed by atoms with Gasteiger partial charge in [0.2, 0.25) is 0 Å². The smallest absolute Gasteiger partial charge is 0.251 e. The van der Waals surface area contributed by atoms with Crippen molar-refractivity contribution < 1.29 is 4.79 Å². The Balaban J connectivity index is 1.91. The van der Waals surface area contributed by atoms with Crippen LogP contribution in [-0.2, 0) is 12.8 Å². The molecule has 4 nitrogen and oxygen atoms in total. The van der Waals surface area contributed by atoms with Gasteiger partial charge >= 0.3 is 0 Å². The van der Waals surface area contributed by atoms with Crippen molar-refractivity contribution in [2.24, 2.45) is 0 Å². The van der Waals surface area contributed by atoms with Crippen molar-refractivity contribution >= 4 is 28.8 Å². The molecule has 1 heterocycles. The summed E-state index contributed by atoms with van der Waals surface area (Å²) in [5.41, 5.74) is 1.73. The molecule has 1 aromatic heterocycles. The van der Waals surface area contributed by atoms with Crippen molar-refractivity contribution in [3.8, 4) is 6.07 Å². The first-order valence-electron chi connectivity index (χ1n) is 6.55. The van der Waals surface area contributed by atoms with E-state index in [1.54, 1.807) is 23.5 Å². The van der Waals surface area contributed by atoms with E-state index < -0.39 is 0 Å². The van der Waals surface area contributed by atoms with Gasteiger partial charge in [-0.25, -0.2) is 4.98 Å². The Bertz CT molecular complexity index is 690. The fourth-order valence-corrected chi connectivity index (χ4v) is 2.72. The number of nitrogens with one attached hydrogen (secondary N) is 1. The third-order valence-corrected chi connectivity index (χ3v) is 4.29. The Morgan fingerprint density at radius 2 is 2.33 bits per heavy atom. The first-order chi connectivity index (χ1) is 10.1. The fourth-order valence-electron chi connectivity index (χ4n) is 1.78. The van der Waals surface area contributed by atoms with Crippen LogP contribution in [0.2, 0.25) is 5.02 Å². The number of nitrogens with zero attached hydrogens (tertiary/aromatic N) is 2. The molecule has 0 unspecified atom stereocenters. The zero-order chi connectivity index (χ0) is 15.2. The van der Waals surface area contributed by atoms with Crippen LogP contribution in [0, 0.1) is 11.3 Å². The molecular formula is C15H14ClN3OS. The molecule has 0 spiro atoms. The molecule has 0 aliphatic heterocycles. The number of carbonyl (C=O) groups excluding carboxylic acids is 1. The van der Waals surface area contributed by atoms with Crippen LogP contribution in [-0.4, -0.2) is 17.4 Å². The lowest BCUT2D eigenvalue weighted by molar-refractivity contribution is 0.0954. The van der Waals surface area contributed by atoms with Gasteiger partial charge in [0.1, 0.15) is 6.07 Å². The van der Waals surface area contributed by atoms with Gasteiger partial charge in [0.25, 0.3) is 5.91 Å². The number of aromatic nitrogens is 1. The van der Waals surface area contributed by atoms with Crippen LogP contribution in [0.5, 0.6) is 0 Å². The minimum absolute atomic E-state index is 0.214. The summed E-state index contributed by atoms with van der Waals surface area (Å²) in [7, 11) is 0. The number of nitriles is 1. The van der Waals surface area contributed by atoms with Crippen molar-refractivity contribution in [2.75, 3.05) is 6.54 Å². The van der Waals surface area contributed by atoms with Crippen LogP contribution in [0.1, 0.15) is 33.5 Å². The van der Waals surface area contributed by atoms with Gasteiger partial charge in [-0.15, -0.1) is 11.3 Å². The molecule has 0 aliphatic rings. The van der Waals surface area contributed by atoms with Crippen LogP contribution < -0.4 is 5.32 Å². The lowest BCUT2D eigenvalue weighted by atomic mass is 10.1. The summed E-state index contributed by atoms with van der Waals surface area (Å²) in [6.45, 7) is 2.58. The van der Waals surface area contributed by atoms with Gasteiger partial charge in [-0.05, 0) is 24.6 Å². The highest BCUT2D eigenvalue weighted by atomic mass is 35.5. The summed E-state index contributed by atoms with van der Waals surface area (Å²) in [5, 5.41) is 15.2. The normalized spacial score (nSPS) is 10.1. The van der Waals surface area contributed by atoms with Gasteiger partial charge in [-0.3, -0.25) is 4.79 Å². The number of carbonyl (C=O) groups is 1. The molecule has 21 heavy (non-hydrogen) atoms. The molecule has 0 bridgehead atoms. The Hall–Kier alpha value is -1.90. The van der Waals surface area contributed by atoms with Crippen molar-refractivity contribution in [2.45, 2.75) is 19.8 Å². The minimum atomic E-state index is -0.214. The monoisotopic (exact) mass is 319 g/mol. The maximum Gasteiger partial charge on any atom is 0.251 e. The first kappa shape index (κ1) is 15.5. The Kier molecular flexibility index (Phi) is 5.32. The maximum atomic E-state index is 12.0. The highest BCUT2D eigenvalue weighted by Crippen LogP contribution is 2.16. The molecule has 6 heteroatoms. The summed E-state index contributed by atoms with van der Waals surface area (Å²) in [5.74, 6) is -0.214. The fraction of sp³-hybridized carbons (Fsp3) is 0.267. The predicted molar refractivity (Wildman–Crippen MR) is 83.7 cm³/mol. The molecule has 0 fully saturated rings. The summed E-state index contributed by atoms with van der Waals surface area (Å²) in [6, 6.07) is 6.62. The number of hydrogen-bond donors (Lipinski definition) is 1. The molecule has 2 rings (SSSR count). The second-order valence-corrected chi connectivity index (χ2v) is 5.75. The molecule has 1 N–H and O–H groups in total. The van der Waals surface area contributed by atoms with Crippen LogP contribution in [0.15, 0.2) is 23.6 Å². The first-order valence-corrected chi connectivity index (χ1v) is 7.81. The maximum absolute atomic E-state index is 12.0. The summed E-state index contributed by atoms with van der Waals surface area (Å²) < 4.78 is 0. The van der Waals surface area contributed by atoms with E-state index in [-0.39, 0.29) is 5.91 Å². The second-order valence-electron chi connectivity index (χ2n) is 4.40. The Labute approximate surface area is 132 Å². The molecule has 108 valence electrons. The van der Waals surface area contributed by atoms with Crippen molar-refractivity contribution in [1.29, 1.82) is 5.26 Å². The molecule has 0 atom stereocenters. The molecular weight excluding hydrogens is 306 g/mol. The predicted octanol–water partition coefficient (Wildman–Crippen LogP) is 3.20. The molecule has 1 aromatic carbocycles. The highest BCUT2D eigenvalue weighted by Gasteiger charge is 2.09. The van der Waals surface area contributed by atoms with Crippen LogP contribution in [0.25, 0.3) is 0 Å². The summed E-state index contributed by atoms with van der Waals surface area (Å²) in [4.78, 5) is 16.4. The molecule has 0 saturated carbocycles. The Morgan fingerprint density at radius 1 is 1.52 bits per heavy atom. The number of hydrogen-bond acceptors (Lipinski definition) is 4. The van der Waals surface area contributed by atoms with Gasteiger partial charge in [-0.1, -0.05) is 18.5 Å². The van der Waals surface area contributed by atoms with Crippen molar-refractivity contribution in [3.63, 3.8) is 0 Å². The third kappa shape index (κ3) is 4.03. The molecule has 1 amide bonds. The van der Waals surface area contributed by atoms with Crippen molar-refractivity contribution in [3.05, 3.63) is 50.4 Å². The Morgan fingerprint density at radius 3 is 3.00 bits per heavy atom. The van der Waals surface area contributed by atoms with E-state index >= 15 is 0 Å². The van der Waals surface area contributed by atoms with E-state index in [1.807, 2.05) is 11.4 Å². The molecule has 2 aromatic rings. The van der Waals surface area contributed by atoms with Crippen LogP contribution >= 0.6 is 22.9 Å². The number of thiazole rings is 1. The number of halogens is 1. The molecule has 0 aliphatic carbocycles. The van der Waals surface area contributed by atoms with Crippen LogP contribution in [0.3, 0.4) is 0 Å². The van der Waals surface area contributed by atoms with Gasteiger partial charge in [0.15, 0.2) is 0 Å². The van der Waals surface area contributed by atoms with E-state index in [2.05, 4.69) is 17.2 Å². The van der Waals surface area contributed by atoms with Gasteiger partial charge in [0.05, 0.1) is 21.3 Å². The highest BCUT2D eigenvalue weighted by molar-refractivity contribution is 7.09. The average Bonchev–Trinajstić information content (AvgIpc) is 2.95. The third-order valence-electron chi connectivity index (χ3n) is 2.92. The lowest BCUT2D eigenvalue weighted by Gasteiger charge is -2.05. The number of aryl methyl sites for hydroxylation is 1. The molecule has 0 radical (unpaired) electrons. The SMILES string of the molecule is CCc1nc(CCNC(=O)c2ccc(Cl)c(C#N)c2)cs1. The van der Waals surface area contributed by atoms with E-state index in [0.29, 0.717) is 29.1 Å². The van der Waals surface area contributed by atoms with Crippen LogP contribution in [0.4, 0.5) is 0 Å². The van der Waals surface area contributed by atoms with Crippen molar-refractivity contribution in [1.82, 2.24) is 10.3 Å². The van der Waals surface area contributed by atoms with Gasteiger partial charge in [-0.2, -0.15) is 5.26 Å².